The second kappa shape index (κ2) is 8.49. The lowest BCUT2D eigenvalue weighted by atomic mass is 10.2. The van der Waals surface area contributed by atoms with Crippen molar-refractivity contribution in [3.63, 3.8) is 0 Å². The molecule has 0 unspecified atom stereocenters. The monoisotopic (exact) mass is 436 g/mol. The molecule has 0 radical (unpaired) electrons. The molecule has 3 rings (SSSR count). The molecule has 0 aliphatic carbocycles. The molecule has 0 atom stereocenters. The summed E-state index contributed by atoms with van der Waals surface area (Å²) in [5, 5.41) is 2.56. The Hall–Kier alpha value is -2.85. The summed E-state index contributed by atoms with van der Waals surface area (Å²) in [6.07, 6.45) is 1.12. The number of alkyl halides is 2. The van der Waals surface area contributed by atoms with Gasteiger partial charge in [-0.3, -0.25) is 4.79 Å². The molecule has 2 heterocycles. The van der Waals surface area contributed by atoms with E-state index in [-0.39, 0.29) is 29.6 Å². The van der Waals surface area contributed by atoms with Crippen molar-refractivity contribution < 1.29 is 22.0 Å². The van der Waals surface area contributed by atoms with E-state index in [2.05, 4.69) is 16.9 Å². The van der Waals surface area contributed by atoms with Crippen LogP contribution in [0.3, 0.4) is 0 Å². The number of sulfonamides is 1. The number of amides is 1. The first-order chi connectivity index (χ1) is 14.1. The van der Waals surface area contributed by atoms with E-state index in [1.165, 1.54) is 40.7 Å². The standard InChI is InChI=1S/C20H22F2N4O3S/c1-3-19(27)23-15-7-9-16(10-8-15)30(28,29)26-13-11-25(12-14-26)18-6-4-5-17(24-18)20(2,21)22/h3-10H,1,11-14H2,2H3,(H,23,27). The highest BCUT2D eigenvalue weighted by Crippen LogP contribution is 2.27. The van der Waals surface area contributed by atoms with Crippen molar-refractivity contribution in [1.82, 2.24) is 9.29 Å². The first kappa shape index (κ1) is 21.8. The number of anilines is 2. The molecule has 1 saturated heterocycles. The summed E-state index contributed by atoms with van der Waals surface area (Å²) in [6.45, 7) is 5.21. The lowest BCUT2D eigenvalue weighted by molar-refractivity contribution is -0.111. The van der Waals surface area contributed by atoms with Gasteiger partial charge in [-0.25, -0.2) is 13.4 Å². The van der Waals surface area contributed by atoms with Gasteiger partial charge in [0.05, 0.1) is 4.90 Å². The number of halogens is 2. The highest BCUT2D eigenvalue weighted by molar-refractivity contribution is 7.89. The number of hydrogen-bond acceptors (Lipinski definition) is 5. The molecular weight excluding hydrogens is 414 g/mol. The maximum atomic E-state index is 13.5. The first-order valence-electron chi connectivity index (χ1n) is 9.25. The van der Waals surface area contributed by atoms with Gasteiger partial charge in [-0.1, -0.05) is 12.6 Å². The van der Waals surface area contributed by atoms with Gasteiger partial charge < -0.3 is 10.2 Å². The number of benzene rings is 1. The zero-order valence-electron chi connectivity index (χ0n) is 16.4. The Labute approximate surface area is 174 Å². The molecule has 1 aliphatic heterocycles. The fraction of sp³-hybridized carbons (Fsp3) is 0.300. The van der Waals surface area contributed by atoms with Crippen molar-refractivity contribution in [3.05, 3.63) is 60.8 Å². The van der Waals surface area contributed by atoms with Gasteiger partial charge in [0, 0.05) is 38.8 Å². The Balaban J connectivity index is 1.68. The van der Waals surface area contributed by atoms with Gasteiger partial charge in [0.2, 0.25) is 15.9 Å². The third kappa shape index (κ3) is 4.82. The number of piperazine rings is 1. The van der Waals surface area contributed by atoms with Crippen molar-refractivity contribution in [2.45, 2.75) is 17.7 Å². The molecule has 1 N–H and O–H groups in total. The first-order valence-corrected chi connectivity index (χ1v) is 10.7. The Kier molecular flexibility index (Phi) is 6.18. The maximum Gasteiger partial charge on any atom is 0.287 e. The van der Waals surface area contributed by atoms with E-state index >= 15 is 0 Å². The van der Waals surface area contributed by atoms with Crippen molar-refractivity contribution in [3.8, 4) is 0 Å². The SMILES string of the molecule is C=CC(=O)Nc1ccc(S(=O)(=O)N2CCN(c3cccc(C(C)(F)F)n3)CC2)cc1. The summed E-state index contributed by atoms with van der Waals surface area (Å²) < 4.78 is 54.2. The minimum atomic E-state index is -3.72. The number of carbonyl (C=O) groups is 1. The smallest absolute Gasteiger partial charge is 0.287 e. The number of hydrogen-bond donors (Lipinski definition) is 1. The number of rotatable bonds is 6. The Morgan fingerprint density at radius 1 is 1.13 bits per heavy atom. The third-order valence-electron chi connectivity index (χ3n) is 4.69. The number of aromatic nitrogens is 1. The number of carbonyl (C=O) groups excluding carboxylic acids is 1. The van der Waals surface area contributed by atoms with Crippen LogP contribution in [-0.4, -0.2) is 49.8 Å². The molecule has 10 heteroatoms. The van der Waals surface area contributed by atoms with E-state index in [9.17, 15) is 22.0 Å². The second-order valence-corrected chi connectivity index (χ2v) is 8.82. The minimum Gasteiger partial charge on any atom is -0.354 e. The van der Waals surface area contributed by atoms with Gasteiger partial charge in [0.15, 0.2) is 0 Å². The van der Waals surface area contributed by atoms with Crippen LogP contribution in [0.5, 0.6) is 0 Å². The minimum absolute atomic E-state index is 0.110. The summed E-state index contributed by atoms with van der Waals surface area (Å²) in [4.78, 5) is 17.2. The van der Waals surface area contributed by atoms with E-state index < -0.39 is 15.9 Å². The highest BCUT2D eigenvalue weighted by Gasteiger charge is 2.30. The predicted molar refractivity (Wildman–Crippen MR) is 110 cm³/mol. The maximum absolute atomic E-state index is 13.5. The Morgan fingerprint density at radius 2 is 1.77 bits per heavy atom. The lowest BCUT2D eigenvalue weighted by Gasteiger charge is -2.35. The molecule has 1 fully saturated rings. The normalized spacial score (nSPS) is 15.6. The van der Waals surface area contributed by atoms with Crippen LogP contribution in [0.25, 0.3) is 0 Å². The zero-order chi connectivity index (χ0) is 21.9. The van der Waals surface area contributed by atoms with Crippen LogP contribution < -0.4 is 10.2 Å². The molecule has 0 bridgehead atoms. The largest absolute Gasteiger partial charge is 0.354 e. The van der Waals surface area contributed by atoms with Gasteiger partial charge in [-0.05, 0) is 42.5 Å². The fourth-order valence-corrected chi connectivity index (χ4v) is 4.48. The summed E-state index contributed by atoms with van der Waals surface area (Å²) in [5.41, 5.74) is 0.140. The fourth-order valence-electron chi connectivity index (χ4n) is 3.05. The topological polar surface area (TPSA) is 82.6 Å². The van der Waals surface area contributed by atoms with Crippen LogP contribution in [0.15, 0.2) is 60.0 Å². The lowest BCUT2D eigenvalue weighted by Crippen LogP contribution is -2.49. The molecule has 0 saturated carbocycles. The number of nitrogens with zero attached hydrogens (tertiary/aromatic N) is 3. The molecule has 1 aromatic carbocycles. The highest BCUT2D eigenvalue weighted by atomic mass is 32.2. The van der Waals surface area contributed by atoms with Gasteiger partial charge in [0.25, 0.3) is 5.92 Å². The van der Waals surface area contributed by atoms with Crippen LogP contribution in [0.4, 0.5) is 20.3 Å². The van der Waals surface area contributed by atoms with Gasteiger partial charge in [-0.15, -0.1) is 0 Å². The van der Waals surface area contributed by atoms with E-state index in [0.717, 1.165) is 13.0 Å². The van der Waals surface area contributed by atoms with Crippen LogP contribution in [0, 0.1) is 0 Å². The quantitative estimate of drug-likeness (QED) is 0.705. The van der Waals surface area contributed by atoms with E-state index in [1.54, 1.807) is 11.0 Å². The summed E-state index contributed by atoms with van der Waals surface area (Å²) in [6, 6.07) is 10.3. The Morgan fingerprint density at radius 3 is 2.33 bits per heavy atom. The van der Waals surface area contributed by atoms with E-state index in [4.69, 9.17) is 0 Å². The molecule has 7 nitrogen and oxygen atoms in total. The molecule has 1 aliphatic rings. The van der Waals surface area contributed by atoms with Gasteiger partial charge in [-0.2, -0.15) is 13.1 Å². The molecule has 2 aromatic rings. The van der Waals surface area contributed by atoms with Crippen molar-refractivity contribution in [2.75, 3.05) is 36.4 Å². The Bertz CT molecular complexity index is 1030. The van der Waals surface area contributed by atoms with Crippen LogP contribution in [0.2, 0.25) is 0 Å². The molecular formula is C20H22F2N4O3S. The molecule has 160 valence electrons. The third-order valence-corrected chi connectivity index (χ3v) is 6.60. The summed E-state index contributed by atoms with van der Waals surface area (Å²) in [7, 11) is -3.72. The van der Waals surface area contributed by atoms with Crippen molar-refractivity contribution in [1.29, 1.82) is 0 Å². The summed E-state index contributed by atoms with van der Waals surface area (Å²) >= 11 is 0. The van der Waals surface area contributed by atoms with Crippen LogP contribution >= 0.6 is 0 Å². The van der Waals surface area contributed by atoms with Gasteiger partial charge in [0.1, 0.15) is 11.5 Å². The average Bonchev–Trinajstić information content (AvgIpc) is 2.73. The molecule has 30 heavy (non-hydrogen) atoms. The predicted octanol–water partition coefficient (Wildman–Crippen LogP) is 2.83. The second-order valence-electron chi connectivity index (χ2n) is 6.88. The molecule has 0 spiro atoms. The van der Waals surface area contributed by atoms with Gasteiger partial charge >= 0.3 is 0 Å². The zero-order valence-corrected chi connectivity index (χ0v) is 17.2. The molecule has 1 aromatic heterocycles. The van der Waals surface area contributed by atoms with Crippen LogP contribution in [0.1, 0.15) is 12.6 Å². The summed E-state index contributed by atoms with van der Waals surface area (Å²) in [5.74, 6) is -3.04. The average molecular weight is 436 g/mol. The van der Waals surface area contributed by atoms with Crippen molar-refractivity contribution in [2.24, 2.45) is 0 Å². The molecule has 1 amide bonds. The van der Waals surface area contributed by atoms with E-state index in [0.29, 0.717) is 24.6 Å². The van der Waals surface area contributed by atoms with E-state index in [1.807, 2.05) is 0 Å². The number of pyridine rings is 1. The van der Waals surface area contributed by atoms with Crippen molar-refractivity contribution >= 4 is 27.4 Å². The number of nitrogens with one attached hydrogen (secondary N) is 1. The van der Waals surface area contributed by atoms with Crippen LogP contribution in [-0.2, 0) is 20.7 Å².